The minimum atomic E-state index is -3.05. The van der Waals surface area contributed by atoms with E-state index in [-0.39, 0.29) is 5.54 Å². The molecule has 0 heterocycles. The van der Waals surface area contributed by atoms with E-state index in [0.717, 1.165) is 25.7 Å². The third-order valence-corrected chi connectivity index (χ3v) is 3.50. The standard InChI is InChI=1S/C9H19NO2S/c1-9(10-13(2,11)12)7-5-3-4-6-8-9/h10H,3-8H2,1-2H3. The molecule has 78 valence electrons. The van der Waals surface area contributed by atoms with Gasteiger partial charge in [-0.2, -0.15) is 0 Å². The molecule has 0 aliphatic heterocycles. The second kappa shape index (κ2) is 3.96. The van der Waals surface area contributed by atoms with Gasteiger partial charge in [-0.05, 0) is 19.8 Å². The monoisotopic (exact) mass is 205 g/mol. The van der Waals surface area contributed by atoms with Crippen LogP contribution in [0.3, 0.4) is 0 Å². The lowest BCUT2D eigenvalue weighted by Gasteiger charge is -2.28. The van der Waals surface area contributed by atoms with Crippen LogP contribution in [0.2, 0.25) is 0 Å². The third kappa shape index (κ3) is 4.09. The summed E-state index contributed by atoms with van der Waals surface area (Å²) >= 11 is 0. The lowest BCUT2D eigenvalue weighted by molar-refractivity contribution is 0.367. The Balaban J connectivity index is 2.62. The summed E-state index contributed by atoms with van der Waals surface area (Å²) in [4.78, 5) is 0. The van der Waals surface area contributed by atoms with Crippen LogP contribution in [-0.2, 0) is 10.0 Å². The average Bonchev–Trinajstić information content (AvgIpc) is 2.09. The predicted molar refractivity (Wildman–Crippen MR) is 54.1 cm³/mol. The Bertz CT molecular complexity index is 251. The molecule has 4 heteroatoms. The molecule has 0 bridgehead atoms. The van der Waals surface area contributed by atoms with E-state index in [1.807, 2.05) is 6.92 Å². The zero-order valence-electron chi connectivity index (χ0n) is 8.47. The van der Waals surface area contributed by atoms with Crippen molar-refractivity contribution in [2.45, 2.75) is 51.0 Å². The van der Waals surface area contributed by atoms with Crippen molar-refractivity contribution in [2.75, 3.05) is 6.26 Å². The van der Waals surface area contributed by atoms with Crippen molar-refractivity contribution in [1.82, 2.24) is 4.72 Å². The van der Waals surface area contributed by atoms with Gasteiger partial charge in [0.15, 0.2) is 0 Å². The molecule has 0 saturated heterocycles. The molecule has 1 fully saturated rings. The highest BCUT2D eigenvalue weighted by molar-refractivity contribution is 7.88. The van der Waals surface area contributed by atoms with Crippen molar-refractivity contribution in [1.29, 1.82) is 0 Å². The van der Waals surface area contributed by atoms with E-state index >= 15 is 0 Å². The number of hydrogen-bond acceptors (Lipinski definition) is 2. The van der Waals surface area contributed by atoms with Crippen molar-refractivity contribution in [3.05, 3.63) is 0 Å². The van der Waals surface area contributed by atoms with E-state index in [1.165, 1.54) is 19.1 Å². The molecule has 0 spiro atoms. The van der Waals surface area contributed by atoms with Crippen LogP contribution in [0.4, 0.5) is 0 Å². The number of nitrogens with one attached hydrogen (secondary N) is 1. The summed E-state index contributed by atoms with van der Waals surface area (Å²) in [6.07, 6.45) is 7.93. The van der Waals surface area contributed by atoms with Crippen molar-refractivity contribution in [3.63, 3.8) is 0 Å². The second-order valence-corrected chi connectivity index (χ2v) is 6.10. The molecule has 0 unspecified atom stereocenters. The summed E-state index contributed by atoms with van der Waals surface area (Å²) < 4.78 is 25.0. The maximum absolute atomic E-state index is 11.1. The van der Waals surface area contributed by atoms with Crippen LogP contribution in [0.1, 0.15) is 45.4 Å². The Morgan fingerprint density at radius 1 is 1.08 bits per heavy atom. The minimum Gasteiger partial charge on any atom is -0.213 e. The molecular formula is C9H19NO2S. The zero-order chi connectivity index (χ0) is 9.95. The largest absolute Gasteiger partial charge is 0.213 e. The van der Waals surface area contributed by atoms with Gasteiger partial charge in [-0.3, -0.25) is 0 Å². The molecular weight excluding hydrogens is 186 g/mol. The van der Waals surface area contributed by atoms with Gasteiger partial charge in [0, 0.05) is 5.54 Å². The van der Waals surface area contributed by atoms with Crippen LogP contribution in [0, 0.1) is 0 Å². The lowest BCUT2D eigenvalue weighted by Crippen LogP contribution is -2.44. The van der Waals surface area contributed by atoms with Gasteiger partial charge < -0.3 is 0 Å². The fourth-order valence-electron chi connectivity index (χ4n) is 2.06. The quantitative estimate of drug-likeness (QED) is 0.697. The summed E-state index contributed by atoms with van der Waals surface area (Å²) in [6, 6.07) is 0. The van der Waals surface area contributed by atoms with Gasteiger partial charge >= 0.3 is 0 Å². The highest BCUT2D eigenvalue weighted by Gasteiger charge is 2.28. The molecule has 1 saturated carbocycles. The van der Waals surface area contributed by atoms with Crippen molar-refractivity contribution in [3.8, 4) is 0 Å². The van der Waals surface area contributed by atoms with Gasteiger partial charge in [0.05, 0.1) is 6.26 Å². The Morgan fingerprint density at radius 3 is 1.92 bits per heavy atom. The van der Waals surface area contributed by atoms with Crippen molar-refractivity contribution >= 4 is 10.0 Å². The Morgan fingerprint density at radius 2 is 1.54 bits per heavy atom. The Kier molecular flexibility index (Phi) is 3.35. The SMILES string of the molecule is CC1(NS(C)(=O)=O)CCCCCC1. The number of sulfonamides is 1. The Labute approximate surface area is 81.0 Å². The highest BCUT2D eigenvalue weighted by atomic mass is 32.2. The molecule has 1 N–H and O–H groups in total. The molecule has 13 heavy (non-hydrogen) atoms. The van der Waals surface area contributed by atoms with E-state index in [0.29, 0.717) is 0 Å². The van der Waals surface area contributed by atoms with Crippen LogP contribution < -0.4 is 4.72 Å². The van der Waals surface area contributed by atoms with Crippen molar-refractivity contribution in [2.24, 2.45) is 0 Å². The fourth-order valence-corrected chi connectivity index (χ4v) is 3.16. The smallest absolute Gasteiger partial charge is 0.209 e. The first kappa shape index (κ1) is 11.0. The highest BCUT2D eigenvalue weighted by Crippen LogP contribution is 2.26. The summed E-state index contributed by atoms with van der Waals surface area (Å²) in [5.74, 6) is 0. The van der Waals surface area contributed by atoms with Gasteiger partial charge in [-0.25, -0.2) is 13.1 Å². The first-order valence-corrected chi connectivity index (χ1v) is 6.79. The molecule has 1 rings (SSSR count). The Hall–Kier alpha value is -0.0900. The average molecular weight is 205 g/mol. The van der Waals surface area contributed by atoms with Crippen molar-refractivity contribution < 1.29 is 8.42 Å². The molecule has 0 aromatic heterocycles. The molecule has 0 aromatic rings. The molecule has 1 aliphatic carbocycles. The third-order valence-electron chi connectivity index (χ3n) is 2.64. The molecule has 1 aliphatic rings. The molecule has 0 radical (unpaired) electrons. The summed E-state index contributed by atoms with van der Waals surface area (Å²) in [5, 5.41) is 0. The lowest BCUT2D eigenvalue weighted by atomic mass is 9.94. The van der Waals surface area contributed by atoms with E-state index < -0.39 is 10.0 Å². The number of hydrogen-bond donors (Lipinski definition) is 1. The molecule has 0 aromatic carbocycles. The fraction of sp³-hybridized carbons (Fsp3) is 1.00. The predicted octanol–water partition coefficient (Wildman–Crippen LogP) is 1.65. The summed E-state index contributed by atoms with van der Waals surface area (Å²) in [7, 11) is -3.05. The molecule has 3 nitrogen and oxygen atoms in total. The van der Waals surface area contributed by atoms with Gasteiger partial charge in [-0.1, -0.05) is 25.7 Å². The van der Waals surface area contributed by atoms with E-state index in [2.05, 4.69) is 4.72 Å². The number of rotatable bonds is 2. The van der Waals surface area contributed by atoms with Gasteiger partial charge in [0.2, 0.25) is 10.0 Å². The summed E-state index contributed by atoms with van der Waals surface area (Å²) in [5.41, 5.74) is -0.190. The van der Waals surface area contributed by atoms with E-state index in [4.69, 9.17) is 0 Å². The van der Waals surface area contributed by atoms with Crippen LogP contribution in [0.5, 0.6) is 0 Å². The normalized spacial score (nSPS) is 23.8. The van der Waals surface area contributed by atoms with Gasteiger partial charge in [-0.15, -0.1) is 0 Å². The topological polar surface area (TPSA) is 46.2 Å². The van der Waals surface area contributed by atoms with E-state index in [9.17, 15) is 8.42 Å². The van der Waals surface area contributed by atoms with E-state index in [1.54, 1.807) is 0 Å². The van der Waals surface area contributed by atoms with Crippen LogP contribution in [0.15, 0.2) is 0 Å². The maximum Gasteiger partial charge on any atom is 0.209 e. The maximum atomic E-state index is 11.1. The second-order valence-electron chi connectivity index (χ2n) is 4.35. The van der Waals surface area contributed by atoms with Crippen LogP contribution in [0.25, 0.3) is 0 Å². The van der Waals surface area contributed by atoms with Gasteiger partial charge in [0.25, 0.3) is 0 Å². The first-order chi connectivity index (χ1) is 5.91. The summed E-state index contributed by atoms with van der Waals surface area (Å²) in [6.45, 7) is 2.01. The van der Waals surface area contributed by atoms with Crippen LogP contribution in [-0.4, -0.2) is 20.2 Å². The minimum absolute atomic E-state index is 0.190. The molecule has 0 atom stereocenters. The first-order valence-electron chi connectivity index (χ1n) is 4.90. The van der Waals surface area contributed by atoms with Crippen LogP contribution >= 0.6 is 0 Å². The molecule has 0 amide bonds. The zero-order valence-corrected chi connectivity index (χ0v) is 9.28. The van der Waals surface area contributed by atoms with Gasteiger partial charge in [0.1, 0.15) is 0 Å².